The van der Waals surface area contributed by atoms with E-state index in [1.54, 1.807) is 23.4 Å². The van der Waals surface area contributed by atoms with Gasteiger partial charge in [0.15, 0.2) is 0 Å². The van der Waals surface area contributed by atoms with Crippen molar-refractivity contribution in [3.05, 3.63) is 64.2 Å². The van der Waals surface area contributed by atoms with Crippen LogP contribution < -0.4 is 20.1 Å². The normalized spacial score (nSPS) is 15.2. The molecule has 0 saturated heterocycles. The number of fused-ring (bicyclic) bond motifs is 2. The lowest BCUT2D eigenvalue weighted by Crippen LogP contribution is -2.40. The van der Waals surface area contributed by atoms with Crippen molar-refractivity contribution in [2.75, 3.05) is 30.0 Å². The second-order valence-corrected chi connectivity index (χ2v) is 9.75. The average molecular weight is 481 g/mol. The lowest BCUT2D eigenvalue weighted by atomic mass is 9.98. The Morgan fingerprint density at radius 3 is 2.53 bits per heavy atom. The van der Waals surface area contributed by atoms with Crippen molar-refractivity contribution < 1.29 is 4.74 Å². The summed E-state index contributed by atoms with van der Waals surface area (Å²) in [6.07, 6.45) is 6.13. The van der Waals surface area contributed by atoms with E-state index in [9.17, 15) is 10.1 Å². The molecule has 182 valence electrons. The van der Waals surface area contributed by atoms with Crippen molar-refractivity contribution in [3.63, 3.8) is 0 Å². The molecule has 4 aromatic rings. The largest absolute Gasteiger partial charge is 0.497 e. The minimum atomic E-state index is -0.0199. The van der Waals surface area contributed by atoms with Crippen LogP contribution in [0.5, 0.6) is 5.75 Å². The van der Waals surface area contributed by atoms with Gasteiger partial charge in [-0.2, -0.15) is 10.4 Å². The molecule has 0 amide bonds. The summed E-state index contributed by atoms with van der Waals surface area (Å²) >= 11 is 0. The lowest BCUT2D eigenvalue weighted by Gasteiger charge is -2.40. The van der Waals surface area contributed by atoms with Gasteiger partial charge in [0, 0.05) is 73.6 Å². The topological polar surface area (TPSA) is 79.3 Å². The third-order valence-electron chi connectivity index (χ3n) is 7.40. The number of nitrogens with zero attached hydrogens (tertiary/aromatic N) is 6. The molecule has 2 aromatic carbocycles. The SMILES string of the molecule is COc1cc(N2CCN(C3CC3)c3cc(-c4cnn(C)c4)c(C#N)cc32)c2cc(C)c(=O)n(C)c2c1. The number of aryl methyl sites for hydroxylation is 3. The van der Waals surface area contributed by atoms with Crippen LogP contribution in [-0.4, -0.2) is 40.6 Å². The highest BCUT2D eigenvalue weighted by atomic mass is 16.5. The standard InChI is InChI=1S/C28H28N6O2/c1-17-9-23-24(32(3)28(17)35)11-21(36-4)12-25(23)34-8-7-33(20-5-6-20)27-13-22(18(14-29)10-26(27)34)19-15-30-31(2)16-19/h9-13,15-16,20H,5-8H2,1-4H3. The molecule has 3 heterocycles. The van der Waals surface area contributed by atoms with E-state index in [0.29, 0.717) is 22.9 Å². The van der Waals surface area contributed by atoms with Gasteiger partial charge in [-0.25, -0.2) is 0 Å². The van der Waals surface area contributed by atoms with E-state index < -0.39 is 0 Å². The summed E-state index contributed by atoms with van der Waals surface area (Å²) in [7, 11) is 5.33. The first-order chi connectivity index (χ1) is 17.4. The molecule has 36 heavy (non-hydrogen) atoms. The zero-order chi connectivity index (χ0) is 25.1. The Kier molecular flexibility index (Phi) is 5.04. The fourth-order valence-electron chi connectivity index (χ4n) is 5.40. The van der Waals surface area contributed by atoms with Crippen molar-refractivity contribution in [1.29, 1.82) is 5.26 Å². The van der Waals surface area contributed by atoms with Gasteiger partial charge in [0.2, 0.25) is 0 Å². The van der Waals surface area contributed by atoms with Crippen LogP contribution in [0.3, 0.4) is 0 Å². The Morgan fingerprint density at radius 2 is 1.86 bits per heavy atom. The number of nitriles is 1. The molecule has 2 aliphatic rings. The van der Waals surface area contributed by atoms with E-state index in [-0.39, 0.29) is 5.56 Å². The molecule has 1 aliphatic carbocycles. The maximum absolute atomic E-state index is 12.7. The third kappa shape index (κ3) is 3.42. The molecule has 0 bridgehead atoms. The van der Waals surface area contributed by atoms with Gasteiger partial charge < -0.3 is 19.1 Å². The number of hydrogen-bond acceptors (Lipinski definition) is 6. The molecule has 1 fully saturated rings. The molecule has 0 unspecified atom stereocenters. The predicted octanol–water partition coefficient (Wildman–Crippen LogP) is 4.25. The van der Waals surface area contributed by atoms with Crippen molar-refractivity contribution in [3.8, 4) is 22.9 Å². The Bertz CT molecular complexity index is 1620. The Morgan fingerprint density at radius 1 is 1.06 bits per heavy atom. The molecule has 0 spiro atoms. The molecule has 0 atom stereocenters. The summed E-state index contributed by atoms with van der Waals surface area (Å²) in [6, 6.07) is 13.0. The van der Waals surface area contributed by atoms with Gasteiger partial charge in [-0.15, -0.1) is 0 Å². The van der Waals surface area contributed by atoms with E-state index in [0.717, 1.165) is 52.2 Å². The zero-order valence-electron chi connectivity index (χ0n) is 20.9. The van der Waals surface area contributed by atoms with Crippen LogP contribution in [0.25, 0.3) is 22.0 Å². The molecule has 1 saturated carbocycles. The van der Waals surface area contributed by atoms with E-state index >= 15 is 0 Å². The molecule has 2 aromatic heterocycles. The quantitative estimate of drug-likeness (QED) is 0.435. The minimum Gasteiger partial charge on any atom is -0.497 e. The predicted molar refractivity (Wildman–Crippen MR) is 141 cm³/mol. The van der Waals surface area contributed by atoms with E-state index in [1.165, 1.54) is 12.8 Å². The van der Waals surface area contributed by atoms with Crippen LogP contribution in [0.15, 0.2) is 47.5 Å². The van der Waals surface area contributed by atoms with Crippen LogP contribution >= 0.6 is 0 Å². The lowest BCUT2D eigenvalue weighted by molar-refractivity contribution is 0.415. The Labute approximate surface area is 209 Å². The van der Waals surface area contributed by atoms with Gasteiger partial charge in [0.05, 0.1) is 47.5 Å². The summed E-state index contributed by atoms with van der Waals surface area (Å²) < 4.78 is 9.09. The number of anilines is 3. The fourth-order valence-corrected chi connectivity index (χ4v) is 5.40. The summed E-state index contributed by atoms with van der Waals surface area (Å²) in [6.45, 7) is 3.49. The van der Waals surface area contributed by atoms with Gasteiger partial charge in [-0.1, -0.05) is 0 Å². The van der Waals surface area contributed by atoms with Gasteiger partial charge in [0.1, 0.15) is 5.75 Å². The summed E-state index contributed by atoms with van der Waals surface area (Å²) in [4.78, 5) is 17.5. The maximum atomic E-state index is 12.7. The number of hydrogen-bond donors (Lipinski definition) is 0. The second-order valence-electron chi connectivity index (χ2n) is 9.75. The Balaban J connectivity index is 1.61. The van der Waals surface area contributed by atoms with Crippen LogP contribution in [0, 0.1) is 18.3 Å². The molecule has 8 nitrogen and oxygen atoms in total. The van der Waals surface area contributed by atoms with E-state index in [4.69, 9.17) is 4.74 Å². The molecule has 0 N–H and O–H groups in total. The van der Waals surface area contributed by atoms with Crippen molar-refractivity contribution in [1.82, 2.24) is 14.3 Å². The number of ether oxygens (including phenoxy) is 1. The highest BCUT2D eigenvalue weighted by Crippen LogP contribution is 2.47. The van der Waals surface area contributed by atoms with Gasteiger partial charge in [-0.3, -0.25) is 9.48 Å². The van der Waals surface area contributed by atoms with Crippen molar-refractivity contribution in [2.45, 2.75) is 25.8 Å². The zero-order valence-corrected chi connectivity index (χ0v) is 20.9. The summed E-state index contributed by atoms with van der Waals surface area (Å²) in [5, 5.41) is 15.4. The van der Waals surface area contributed by atoms with Crippen LogP contribution in [0.1, 0.15) is 24.0 Å². The molecule has 8 heteroatoms. The smallest absolute Gasteiger partial charge is 0.253 e. The maximum Gasteiger partial charge on any atom is 0.253 e. The monoisotopic (exact) mass is 480 g/mol. The third-order valence-corrected chi connectivity index (χ3v) is 7.40. The van der Waals surface area contributed by atoms with E-state index in [1.807, 2.05) is 50.6 Å². The van der Waals surface area contributed by atoms with Gasteiger partial charge in [0.25, 0.3) is 5.56 Å². The summed E-state index contributed by atoms with van der Waals surface area (Å²) in [5.41, 5.74) is 7.02. The highest BCUT2D eigenvalue weighted by Gasteiger charge is 2.36. The minimum absolute atomic E-state index is 0.0199. The van der Waals surface area contributed by atoms with Gasteiger partial charge in [-0.05, 0) is 38.0 Å². The summed E-state index contributed by atoms with van der Waals surface area (Å²) in [5.74, 6) is 0.690. The molecule has 6 rings (SSSR count). The molecule has 0 radical (unpaired) electrons. The molecular formula is C28H28N6O2. The Hall–Kier alpha value is -4.25. The number of pyridine rings is 1. The first-order valence-electron chi connectivity index (χ1n) is 12.2. The van der Waals surface area contributed by atoms with Crippen LogP contribution in [0.4, 0.5) is 17.1 Å². The van der Waals surface area contributed by atoms with Crippen molar-refractivity contribution >= 4 is 28.0 Å². The van der Waals surface area contributed by atoms with Crippen molar-refractivity contribution in [2.24, 2.45) is 14.1 Å². The number of aromatic nitrogens is 3. The molecular weight excluding hydrogens is 452 g/mol. The van der Waals surface area contributed by atoms with E-state index in [2.05, 4.69) is 27.0 Å². The highest BCUT2D eigenvalue weighted by molar-refractivity contribution is 5.98. The average Bonchev–Trinajstić information content (AvgIpc) is 3.65. The first kappa shape index (κ1) is 22.2. The number of benzene rings is 2. The van der Waals surface area contributed by atoms with Crippen LogP contribution in [-0.2, 0) is 14.1 Å². The number of rotatable bonds is 4. The van der Waals surface area contributed by atoms with Crippen LogP contribution in [0.2, 0.25) is 0 Å². The fraction of sp³-hybridized carbons (Fsp3) is 0.321. The first-order valence-corrected chi connectivity index (χ1v) is 12.2. The molecule has 1 aliphatic heterocycles. The van der Waals surface area contributed by atoms with Gasteiger partial charge >= 0.3 is 0 Å². The number of methoxy groups -OCH3 is 1. The second kappa shape index (κ2) is 8.16.